The Bertz CT molecular complexity index is 381. The van der Waals surface area contributed by atoms with E-state index < -0.39 is 11.9 Å². The van der Waals surface area contributed by atoms with Crippen LogP contribution in [0.4, 0.5) is 0 Å². The van der Waals surface area contributed by atoms with Gasteiger partial charge < -0.3 is 9.84 Å². The molecule has 0 saturated heterocycles. The van der Waals surface area contributed by atoms with Crippen LogP contribution in [0.25, 0.3) is 0 Å². The second kappa shape index (κ2) is 5.30. The smallest absolute Gasteiger partial charge is 0.318 e. The molecule has 1 unspecified atom stereocenters. The predicted octanol–water partition coefficient (Wildman–Crippen LogP) is 1.84. The van der Waals surface area contributed by atoms with E-state index in [0.717, 1.165) is 0 Å². The van der Waals surface area contributed by atoms with E-state index in [2.05, 4.69) is 0 Å². The minimum atomic E-state index is -1.11. The molecule has 4 nitrogen and oxygen atoms in total. The highest BCUT2D eigenvalue weighted by Gasteiger charge is 2.26. The van der Waals surface area contributed by atoms with Crippen molar-refractivity contribution in [2.45, 2.75) is 19.3 Å². The van der Waals surface area contributed by atoms with Crippen molar-refractivity contribution in [2.75, 3.05) is 7.11 Å². The van der Waals surface area contributed by atoms with Gasteiger partial charge in [0.1, 0.15) is 11.7 Å². The molecule has 0 spiro atoms. The van der Waals surface area contributed by atoms with E-state index in [4.69, 9.17) is 9.84 Å². The minimum Gasteiger partial charge on any atom is -0.497 e. The Kier molecular flexibility index (Phi) is 4.05. The molecule has 1 atom stereocenters. The van der Waals surface area contributed by atoms with Crippen LogP contribution < -0.4 is 4.74 Å². The zero-order valence-electron chi connectivity index (χ0n) is 9.27. The largest absolute Gasteiger partial charge is 0.497 e. The van der Waals surface area contributed by atoms with Crippen LogP contribution in [-0.2, 0) is 9.59 Å². The molecule has 1 rings (SSSR count). The topological polar surface area (TPSA) is 63.6 Å². The quantitative estimate of drug-likeness (QED) is 0.772. The summed E-state index contributed by atoms with van der Waals surface area (Å²) in [7, 11) is 1.53. The Morgan fingerprint density at radius 3 is 2.25 bits per heavy atom. The van der Waals surface area contributed by atoms with E-state index in [0.29, 0.717) is 11.3 Å². The van der Waals surface area contributed by atoms with Crippen molar-refractivity contribution in [3.8, 4) is 5.75 Å². The number of ketones is 1. The molecular weight excluding hydrogens is 208 g/mol. The predicted molar refractivity (Wildman–Crippen MR) is 58.7 cm³/mol. The van der Waals surface area contributed by atoms with Crippen LogP contribution in [0.2, 0.25) is 0 Å². The Hall–Kier alpha value is -1.84. The summed E-state index contributed by atoms with van der Waals surface area (Å²) in [5.41, 5.74) is 0.486. The van der Waals surface area contributed by atoms with Crippen molar-refractivity contribution in [3.63, 3.8) is 0 Å². The molecule has 0 saturated carbocycles. The van der Waals surface area contributed by atoms with Gasteiger partial charge in [0, 0.05) is 6.42 Å². The van der Waals surface area contributed by atoms with Gasteiger partial charge in [-0.25, -0.2) is 0 Å². The van der Waals surface area contributed by atoms with E-state index in [1.54, 1.807) is 31.2 Å². The zero-order valence-corrected chi connectivity index (χ0v) is 9.27. The highest BCUT2D eigenvalue weighted by molar-refractivity contribution is 6.03. The van der Waals surface area contributed by atoms with E-state index >= 15 is 0 Å². The molecule has 0 aliphatic carbocycles. The van der Waals surface area contributed by atoms with Gasteiger partial charge in [-0.3, -0.25) is 9.59 Å². The van der Waals surface area contributed by atoms with Gasteiger partial charge in [-0.1, -0.05) is 19.1 Å². The summed E-state index contributed by atoms with van der Waals surface area (Å²) in [6, 6.07) is 6.50. The van der Waals surface area contributed by atoms with Gasteiger partial charge in [0.05, 0.1) is 7.11 Å². The summed E-state index contributed by atoms with van der Waals surface area (Å²) in [5.74, 6) is -1.84. The van der Waals surface area contributed by atoms with Gasteiger partial charge in [0.15, 0.2) is 5.78 Å². The summed E-state index contributed by atoms with van der Waals surface area (Å²) in [4.78, 5) is 22.5. The first-order valence-corrected chi connectivity index (χ1v) is 4.99. The van der Waals surface area contributed by atoms with E-state index in [1.807, 2.05) is 0 Å². The number of ether oxygens (including phenoxy) is 1. The number of carboxylic acids is 1. The average Bonchev–Trinajstić information content (AvgIpc) is 2.29. The van der Waals surface area contributed by atoms with Gasteiger partial charge in [-0.05, 0) is 17.7 Å². The third-order valence-corrected chi connectivity index (χ3v) is 2.37. The Labute approximate surface area is 93.9 Å². The first-order valence-electron chi connectivity index (χ1n) is 4.99. The lowest BCUT2D eigenvalue weighted by Gasteiger charge is -2.10. The average molecular weight is 222 g/mol. The Morgan fingerprint density at radius 2 is 1.88 bits per heavy atom. The Morgan fingerprint density at radius 1 is 1.31 bits per heavy atom. The number of hydrogen-bond acceptors (Lipinski definition) is 3. The molecule has 4 heteroatoms. The molecule has 1 aromatic carbocycles. The van der Waals surface area contributed by atoms with Crippen LogP contribution in [0.1, 0.15) is 24.8 Å². The molecular formula is C12H14O4. The number of aliphatic carboxylic acids is 1. The zero-order chi connectivity index (χ0) is 12.1. The fraction of sp³-hybridized carbons (Fsp3) is 0.333. The molecule has 1 N–H and O–H groups in total. The molecule has 1 aromatic rings. The number of hydrogen-bond donors (Lipinski definition) is 1. The maximum atomic E-state index is 11.5. The molecule has 0 heterocycles. The molecule has 0 aliphatic heterocycles. The number of carboxylic acid groups (broad SMARTS) is 1. The summed E-state index contributed by atoms with van der Waals surface area (Å²) in [6.07, 6.45) is 0.211. The van der Waals surface area contributed by atoms with Crippen molar-refractivity contribution in [2.24, 2.45) is 0 Å². The van der Waals surface area contributed by atoms with Gasteiger partial charge in [0.2, 0.25) is 0 Å². The highest BCUT2D eigenvalue weighted by Crippen LogP contribution is 2.21. The van der Waals surface area contributed by atoms with Crippen LogP contribution in [0.15, 0.2) is 24.3 Å². The Balaban J connectivity index is 3.02. The first-order chi connectivity index (χ1) is 7.60. The third kappa shape index (κ3) is 2.59. The van der Waals surface area contributed by atoms with Gasteiger partial charge >= 0.3 is 5.97 Å². The third-order valence-electron chi connectivity index (χ3n) is 2.37. The molecule has 0 fully saturated rings. The van der Waals surface area contributed by atoms with Crippen LogP contribution in [0, 0.1) is 0 Å². The normalized spacial score (nSPS) is 11.9. The summed E-state index contributed by atoms with van der Waals surface area (Å²) in [6.45, 7) is 1.65. The summed E-state index contributed by atoms with van der Waals surface area (Å²) in [5, 5.41) is 9.00. The van der Waals surface area contributed by atoms with Gasteiger partial charge in [0.25, 0.3) is 0 Å². The second-order valence-corrected chi connectivity index (χ2v) is 3.36. The summed E-state index contributed by atoms with van der Waals surface area (Å²) >= 11 is 0. The molecule has 0 aromatic heterocycles. The van der Waals surface area contributed by atoms with Gasteiger partial charge in [-0.2, -0.15) is 0 Å². The highest BCUT2D eigenvalue weighted by atomic mass is 16.5. The minimum absolute atomic E-state index is 0.211. The number of carbonyl (C=O) groups excluding carboxylic acids is 1. The van der Waals surface area contributed by atoms with Crippen LogP contribution in [0.5, 0.6) is 5.75 Å². The van der Waals surface area contributed by atoms with Crippen LogP contribution in [-0.4, -0.2) is 24.0 Å². The van der Waals surface area contributed by atoms with E-state index in [-0.39, 0.29) is 12.2 Å². The molecule has 16 heavy (non-hydrogen) atoms. The number of methoxy groups -OCH3 is 1. The van der Waals surface area contributed by atoms with Crippen molar-refractivity contribution in [3.05, 3.63) is 29.8 Å². The molecule has 0 radical (unpaired) electrons. The van der Waals surface area contributed by atoms with E-state index in [9.17, 15) is 9.59 Å². The van der Waals surface area contributed by atoms with Crippen LogP contribution in [0.3, 0.4) is 0 Å². The van der Waals surface area contributed by atoms with Crippen molar-refractivity contribution in [1.29, 1.82) is 0 Å². The standard InChI is InChI=1S/C12H14O4/c1-3-10(13)11(12(14)15)8-4-6-9(16-2)7-5-8/h4-7,11H,3H2,1-2H3,(H,14,15). The van der Waals surface area contributed by atoms with Gasteiger partial charge in [-0.15, -0.1) is 0 Å². The molecule has 0 bridgehead atoms. The lowest BCUT2D eigenvalue weighted by molar-refractivity contribution is -0.142. The fourth-order valence-corrected chi connectivity index (χ4v) is 1.47. The van der Waals surface area contributed by atoms with E-state index in [1.165, 1.54) is 7.11 Å². The number of rotatable bonds is 5. The monoisotopic (exact) mass is 222 g/mol. The maximum Gasteiger partial charge on any atom is 0.318 e. The molecule has 86 valence electrons. The number of benzene rings is 1. The molecule has 0 amide bonds. The SMILES string of the molecule is CCC(=O)C(C(=O)O)c1ccc(OC)cc1. The second-order valence-electron chi connectivity index (χ2n) is 3.36. The molecule has 0 aliphatic rings. The van der Waals surface area contributed by atoms with Crippen molar-refractivity contribution in [1.82, 2.24) is 0 Å². The fourth-order valence-electron chi connectivity index (χ4n) is 1.47. The van der Waals surface area contributed by atoms with Crippen molar-refractivity contribution < 1.29 is 19.4 Å². The number of Topliss-reactive ketones (excluding diaryl/α,β-unsaturated/α-hetero) is 1. The van der Waals surface area contributed by atoms with Crippen LogP contribution >= 0.6 is 0 Å². The first kappa shape index (κ1) is 12.2. The summed E-state index contributed by atoms with van der Waals surface area (Å²) < 4.78 is 4.96. The lowest BCUT2D eigenvalue weighted by atomic mass is 9.93. The number of carbonyl (C=O) groups is 2. The maximum absolute atomic E-state index is 11.5. The van der Waals surface area contributed by atoms with Crippen molar-refractivity contribution >= 4 is 11.8 Å². The lowest BCUT2D eigenvalue weighted by Crippen LogP contribution is -2.20.